The number of rotatable bonds is 7. The van der Waals surface area contributed by atoms with E-state index in [-0.39, 0.29) is 21.6 Å². The second kappa shape index (κ2) is 10.1. The van der Waals surface area contributed by atoms with Gasteiger partial charge >= 0.3 is 226 Å². The Morgan fingerprint density at radius 2 is 1.22 bits per heavy atom. The maximum atomic E-state index is 13.0. The minimum atomic E-state index is -3.69. The molecule has 0 saturated carbocycles. The van der Waals surface area contributed by atoms with Crippen molar-refractivity contribution in [3.63, 3.8) is 0 Å². The van der Waals surface area contributed by atoms with Crippen LogP contribution in [-0.4, -0.2) is 27.8 Å². The Labute approximate surface area is 224 Å². The summed E-state index contributed by atoms with van der Waals surface area (Å²) in [7, 11) is -2.42. The molecular weight excluding hydrogens is 579 g/mol. The van der Waals surface area contributed by atoms with Gasteiger partial charge in [-0.25, -0.2) is 0 Å². The van der Waals surface area contributed by atoms with Crippen molar-refractivity contribution in [3.8, 4) is 0 Å². The Morgan fingerprint density at radius 1 is 0.806 bits per heavy atom. The van der Waals surface area contributed by atoms with Gasteiger partial charge in [0.15, 0.2) is 0 Å². The van der Waals surface area contributed by atoms with E-state index >= 15 is 0 Å². The number of halogens is 2. The fraction of sp³-hybridized carbons (Fsp3) is 0.107. The van der Waals surface area contributed by atoms with Crippen molar-refractivity contribution in [2.75, 3.05) is 13.4 Å². The molecule has 186 valence electrons. The molecule has 0 saturated heterocycles. The van der Waals surface area contributed by atoms with Crippen molar-refractivity contribution in [2.24, 2.45) is 0 Å². The molecule has 0 amide bonds. The van der Waals surface area contributed by atoms with E-state index < -0.39 is 21.1 Å². The number of ether oxygens (including phenoxy) is 1. The van der Waals surface area contributed by atoms with Gasteiger partial charge in [0.1, 0.15) is 0 Å². The normalized spacial score (nSPS) is 12.9. The molecule has 0 spiro atoms. The summed E-state index contributed by atoms with van der Waals surface area (Å²) in [6.45, 7) is 0. The molecule has 4 aromatic rings. The topological polar surface area (TPSA) is 60.4 Å². The Hall–Kier alpha value is -2.50. The second-order valence-electron chi connectivity index (χ2n) is 8.52. The molecule has 8 heteroatoms. The van der Waals surface area contributed by atoms with Crippen LogP contribution in [0.3, 0.4) is 0 Å². The molecule has 4 nitrogen and oxygen atoms in total. The molecular formula is C28H25BrClO4PS. The number of hydrogen-bond donors (Lipinski definition) is 0. The third kappa shape index (κ3) is 4.52. The molecule has 0 aliphatic carbocycles. The molecule has 0 aliphatic rings. The Balaban J connectivity index is 2.19. The van der Waals surface area contributed by atoms with Gasteiger partial charge in [-0.3, -0.25) is 0 Å². The summed E-state index contributed by atoms with van der Waals surface area (Å²) < 4.78 is 30.9. The van der Waals surface area contributed by atoms with E-state index in [0.717, 1.165) is 22.2 Å². The minimum absolute atomic E-state index is 0.0704. The summed E-state index contributed by atoms with van der Waals surface area (Å²) in [5.74, 6) is -0.629. The number of methoxy groups -OCH3 is 1. The molecule has 0 aromatic heterocycles. The SMILES string of the molecule is COC(=O)c1ccc(S(C)(=O)=O)c(CP(Br)(c2ccccc2)(c2ccccc2)c2ccccc2)c1Cl. The maximum absolute atomic E-state index is 13.0. The summed E-state index contributed by atoms with van der Waals surface area (Å²) in [5.41, 5.74) is 0.487. The van der Waals surface area contributed by atoms with Gasteiger partial charge in [0.2, 0.25) is 0 Å². The molecule has 0 fully saturated rings. The van der Waals surface area contributed by atoms with Crippen LogP contribution >= 0.6 is 32.4 Å². The van der Waals surface area contributed by atoms with Gasteiger partial charge < -0.3 is 0 Å². The number of sulfone groups is 1. The van der Waals surface area contributed by atoms with Crippen LogP contribution in [0.2, 0.25) is 5.02 Å². The number of carbonyl (C=O) groups excluding carboxylic acids is 1. The number of benzene rings is 4. The van der Waals surface area contributed by atoms with Crippen LogP contribution in [0.4, 0.5) is 0 Å². The Kier molecular flexibility index (Phi) is 7.45. The number of carbonyl (C=O) groups is 1. The first-order chi connectivity index (χ1) is 17.1. The van der Waals surface area contributed by atoms with Gasteiger partial charge in [0.05, 0.1) is 0 Å². The van der Waals surface area contributed by atoms with Crippen molar-refractivity contribution < 1.29 is 17.9 Å². The summed E-state index contributed by atoms with van der Waals surface area (Å²) in [5, 5.41) is -0.519. The third-order valence-electron chi connectivity index (χ3n) is 6.34. The van der Waals surface area contributed by atoms with E-state index in [1.807, 2.05) is 91.0 Å². The van der Waals surface area contributed by atoms with Crippen LogP contribution in [0.25, 0.3) is 0 Å². The predicted octanol–water partition coefficient (Wildman–Crippen LogP) is 5.87. The van der Waals surface area contributed by atoms with E-state index in [4.69, 9.17) is 16.3 Å². The number of esters is 1. The Morgan fingerprint density at radius 3 is 1.58 bits per heavy atom. The monoisotopic (exact) mass is 602 g/mol. The van der Waals surface area contributed by atoms with E-state index in [9.17, 15) is 13.2 Å². The summed E-state index contributed by atoms with van der Waals surface area (Å²) >= 11 is 11.2. The molecule has 4 rings (SSSR count). The second-order valence-corrected chi connectivity index (χ2v) is 19.8. The summed E-state index contributed by atoms with van der Waals surface area (Å²) in [6.07, 6.45) is 1.37. The molecule has 0 atom stereocenters. The van der Waals surface area contributed by atoms with E-state index in [0.29, 0.717) is 5.56 Å². The van der Waals surface area contributed by atoms with Gasteiger partial charge in [-0.15, -0.1) is 0 Å². The standard InChI is InChI=1S/C28H25BrClO4PS/c1-34-28(31)24-18-19-26(36(2,32)33)25(27(24)30)20-35(29,21-12-6-3-7-13-21,22-14-8-4-9-15-22)23-16-10-5-11-17-23/h3-19H,20H2,1-2H3. The molecule has 0 bridgehead atoms. The van der Waals surface area contributed by atoms with E-state index in [1.54, 1.807) is 0 Å². The average Bonchev–Trinajstić information content (AvgIpc) is 2.90. The average molecular weight is 604 g/mol. The molecule has 4 aromatic carbocycles. The van der Waals surface area contributed by atoms with Crippen LogP contribution in [0.15, 0.2) is 108 Å². The van der Waals surface area contributed by atoms with Crippen LogP contribution in [-0.2, 0) is 20.7 Å². The number of hydrogen-bond acceptors (Lipinski definition) is 4. The first-order valence-electron chi connectivity index (χ1n) is 11.1. The van der Waals surface area contributed by atoms with Gasteiger partial charge in [-0.2, -0.15) is 0 Å². The van der Waals surface area contributed by atoms with Gasteiger partial charge in [0, 0.05) is 0 Å². The van der Waals surface area contributed by atoms with Crippen LogP contribution in [0.5, 0.6) is 0 Å². The van der Waals surface area contributed by atoms with Crippen molar-refractivity contribution in [1.82, 2.24) is 0 Å². The zero-order valence-corrected chi connectivity index (χ0v) is 23.8. The molecule has 0 unspecified atom stereocenters. The van der Waals surface area contributed by atoms with Gasteiger partial charge in [-0.05, 0) is 0 Å². The van der Waals surface area contributed by atoms with Crippen molar-refractivity contribution in [1.29, 1.82) is 0 Å². The van der Waals surface area contributed by atoms with Gasteiger partial charge in [-0.1, -0.05) is 0 Å². The zero-order valence-electron chi connectivity index (χ0n) is 19.8. The van der Waals surface area contributed by atoms with Crippen LogP contribution in [0, 0.1) is 0 Å². The first-order valence-corrected chi connectivity index (χ1v) is 17.8. The van der Waals surface area contributed by atoms with Crippen LogP contribution in [0.1, 0.15) is 15.9 Å². The fourth-order valence-electron chi connectivity index (χ4n) is 4.60. The third-order valence-corrected chi connectivity index (χ3v) is 17.4. The molecule has 0 N–H and O–H groups in total. The molecule has 0 aliphatic heterocycles. The Bertz CT molecular complexity index is 1410. The molecule has 36 heavy (non-hydrogen) atoms. The molecule has 0 heterocycles. The van der Waals surface area contributed by atoms with Crippen molar-refractivity contribution in [3.05, 3.63) is 119 Å². The van der Waals surface area contributed by atoms with Gasteiger partial charge in [0.25, 0.3) is 0 Å². The van der Waals surface area contributed by atoms with Crippen LogP contribution < -0.4 is 15.9 Å². The first kappa shape index (κ1) is 26.6. The van der Waals surface area contributed by atoms with Crippen molar-refractivity contribution in [2.45, 2.75) is 11.1 Å². The predicted molar refractivity (Wildman–Crippen MR) is 154 cm³/mol. The van der Waals surface area contributed by atoms with E-state index in [2.05, 4.69) is 15.5 Å². The quantitative estimate of drug-likeness (QED) is 0.196. The zero-order chi connectivity index (χ0) is 26.0. The molecule has 0 radical (unpaired) electrons. The summed E-state index contributed by atoms with van der Waals surface area (Å²) in [4.78, 5) is 12.6. The van der Waals surface area contributed by atoms with Crippen molar-refractivity contribution >= 4 is 64.1 Å². The van der Waals surface area contributed by atoms with E-state index in [1.165, 1.54) is 19.2 Å². The summed E-state index contributed by atoms with van der Waals surface area (Å²) in [6, 6.07) is 32.8. The fourth-order valence-corrected chi connectivity index (χ4v) is 13.7.